The van der Waals surface area contributed by atoms with Crippen LogP contribution >= 0.6 is 11.1 Å². The minimum absolute atomic E-state index is 0.528. The summed E-state index contributed by atoms with van der Waals surface area (Å²) in [6.45, 7) is 5.64. The number of hydrogen-bond donors (Lipinski definition) is 2. The zero-order valence-electron chi connectivity index (χ0n) is 14.9. The molecule has 1 aliphatic heterocycles. The molecule has 0 amide bonds. The molecule has 1 aromatic carbocycles. The Morgan fingerprint density at radius 1 is 1.27 bits per heavy atom. The lowest BCUT2D eigenvalue weighted by atomic mass is 10.2. The van der Waals surface area contributed by atoms with Gasteiger partial charge in [-0.25, -0.2) is 0 Å². The van der Waals surface area contributed by atoms with Gasteiger partial charge < -0.3 is 14.0 Å². The van der Waals surface area contributed by atoms with Gasteiger partial charge in [-0.2, -0.15) is 8.75 Å². The Bertz CT molecular complexity index is 820. The van der Waals surface area contributed by atoms with E-state index in [2.05, 4.69) is 35.8 Å². The molecule has 2 N–H and O–H groups in total. The number of hydrogen-bond acceptors (Lipinski definition) is 6. The Morgan fingerprint density at radius 3 is 2.88 bits per heavy atom. The van der Waals surface area contributed by atoms with Crippen LogP contribution in [-0.2, 0) is 11.3 Å². The summed E-state index contributed by atoms with van der Waals surface area (Å²) in [6, 6.07) is 8.22. The van der Waals surface area contributed by atoms with Crippen molar-refractivity contribution in [3.8, 4) is 5.75 Å². The number of nitrogens with zero attached hydrogens (tertiary/aromatic N) is 3. The van der Waals surface area contributed by atoms with Crippen molar-refractivity contribution < 1.29 is 14.0 Å². The maximum atomic E-state index is 11.4. The summed E-state index contributed by atoms with van der Waals surface area (Å²) in [5.74, 6) is 0.876. The van der Waals surface area contributed by atoms with Gasteiger partial charge in [0, 0.05) is 39.6 Å². The zero-order valence-corrected chi connectivity index (χ0v) is 15.8. The van der Waals surface area contributed by atoms with E-state index in [0.29, 0.717) is 24.1 Å². The maximum absolute atomic E-state index is 11.4. The third kappa shape index (κ3) is 5.53. The molecule has 3 rings (SSSR count). The van der Waals surface area contributed by atoms with Crippen LogP contribution in [0.25, 0.3) is 0 Å². The van der Waals surface area contributed by atoms with E-state index in [4.69, 9.17) is 9.47 Å². The lowest BCUT2D eigenvalue weighted by Gasteiger charge is -2.26. The van der Waals surface area contributed by atoms with Gasteiger partial charge in [0.2, 0.25) is 11.0 Å². The average molecular weight is 379 g/mol. The van der Waals surface area contributed by atoms with Crippen molar-refractivity contribution in [2.75, 3.05) is 46.5 Å². The summed E-state index contributed by atoms with van der Waals surface area (Å²) in [5.41, 5.74) is 2.32. The average Bonchev–Trinajstić information content (AvgIpc) is 3.02. The molecule has 0 saturated carbocycles. The predicted molar refractivity (Wildman–Crippen MR) is 98.4 cm³/mol. The smallest absolute Gasteiger partial charge is 0.219 e. The first-order valence-corrected chi connectivity index (χ1v) is 9.88. The quantitative estimate of drug-likeness (QED) is 0.549. The lowest BCUT2D eigenvalue weighted by Crippen LogP contribution is -2.35. The molecule has 1 aliphatic rings. The maximum Gasteiger partial charge on any atom is 0.219 e. The van der Waals surface area contributed by atoms with Crippen molar-refractivity contribution in [3.05, 3.63) is 40.8 Å². The molecule has 1 saturated heterocycles. The summed E-state index contributed by atoms with van der Waals surface area (Å²) < 4.78 is 28.0. The number of aromatic amines is 2. The highest BCUT2D eigenvalue weighted by Gasteiger charge is 2.10. The second kappa shape index (κ2) is 9.67. The number of H-pyrrole nitrogens is 2. The minimum atomic E-state index is -1.33. The van der Waals surface area contributed by atoms with Crippen LogP contribution in [0.15, 0.2) is 34.3 Å². The second-order valence-electron chi connectivity index (χ2n) is 6.01. The molecule has 0 radical (unpaired) electrons. The number of nitrogens with one attached hydrogen (secondary N) is 2. The van der Waals surface area contributed by atoms with Gasteiger partial charge in [0.15, 0.2) is 0 Å². The standard InChI is InChI=1S/C17H25N5O3S/c1-18-16-17(21-26(23)20-16)19-6-3-9-25-15-5-2-4-14(12-15)13-22-7-10-24-11-8-22/h2,4-5,12H,3,6-11,13H2,1H3,(H,18,20)(H,19,21). The van der Waals surface area contributed by atoms with E-state index in [1.807, 2.05) is 12.1 Å². The zero-order chi connectivity index (χ0) is 18.2. The van der Waals surface area contributed by atoms with E-state index >= 15 is 0 Å². The monoisotopic (exact) mass is 379 g/mol. The summed E-state index contributed by atoms with van der Waals surface area (Å²) >= 11 is -1.33. The van der Waals surface area contributed by atoms with Crippen LogP contribution in [0.3, 0.4) is 0 Å². The van der Waals surface area contributed by atoms with E-state index in [9.17, 15) is 4.55 Å². The minimum Gasteiger partial charge on any atom is -0.549 e. The Kier molecular flexibility index (Phi) is 7.01. The summed E-state index contributed by atoms with van der Waals surface area (Å²) in [6.07, 6.45) is 0.766. The van der Waals surface area contributed by atoms with Gasteiger partial charge in [0.1, 0.15) is 16.9 Å². The van der Waals surface area contributed by atoms with Gasteiger partial charge in [-0.15, -0.1) is 0 Å². The van der Waals surface area contributed by atoms with E-state index in [1.165, 1.54) is 5.56 Å². The summed E-state index contributed by atoms with van der Waals surface area (Å²) in [7, 11) is 1.63. The molecule has 1 aromatic heterocycles. The summed E-state index contributed by atoms with van der Waals surface area (Å²) in [4.78, 5) is 10.8. The predicted octanol–water partition coefficient (Wildman–Crippen LogP) is 0.803. The number of rotatable bonds is 7. The van der Waals surface area contributed by atoms with Crippen molar-refractivity contribution in [1.29, 1.82) is 0 Å². The molecule has 1 unspecified atom stereocenters. The molecule has 142 valence electrons. The van der Waals surface area contributed by atoms with Crippen molar-refractivity contribution in [2.45, 2.75) is 13.0 Å². The highest BCUT2D eigenvalue weighted by Crippen LogP contribution is 2.15. The number of benzene rings is 1. The number of ether oxygens (including phenoxy) is 2. The van der Waals surface area contributed by atoms with Crippen LogP contribution in [0.4, 0.5) is 0 Å². The van der Waals surface area contributed by atoms with Crippen molar-refractivity contribution in [3.63, 3.8) is 0 Å². The van der Waals surface area contributed by atoms with Crippen LogP contribution in [0.1, 0.15) is 12.0 Å². The Morgan fingerprint density at radius 2 is 2.08 bits per heavy atom. The normalized spacial score (nSPS) is 17.7. The molecule has 1 fully saturated rings. The third-order valence-corrected chi connectivity index (χ3v) is 4.83. The van der Waals surface area contributed by atoms with Gasteiger partial charge in [-0.3, -0.25) is 14.9 Å². The van der Waals surface area contributed by atoms with Gasteiger partial charge in [-0.05, 0) is 17.7 Å². The van der Waals surface area contributed by atoms with E-state index in [1.54, 1.807) is 7.05 Å². The van der Waals surface area contributed by atoms with Gasteiger partial charge >= 0.3 is 0 Å². The molecular formula is C17H25N5O3S. The van der Waals surface area contributed by atoms with Crippen LogP contribution in [-0.4, -0.2) is 64.7 Å². The molecule has 0 aliphatic carbocycles. The molecule has 0 bridgehead atoms. The largest absolute Gasteiger partial charge is 0.549 e. The lowest BCUT2D eigenvalue weighted by molar-refractivity contribution is 0.0341. The van der Waals surface area contributed by atoms with Crippen molar-refractivity contribution >= 4 is 11.1 Å². The molecule has 8 nitrogen and oxygen atoms in total. The SMILES string of the molecule is CN=c1[nH][s+]([O-])[nH]c1=NCCCOc1cccc(CN2CCOCC2)c1. The first-order chi connectivity index (χ1) is 12.7. The second-order valence-corrected chi connectivity index (χ2v) is 6.96. The highest BCUT2D eigenvalue weighted by molar-refractivity contribution is 7.13. The van der Waals surface area contributed by atoms with Gasteiger partial charge in [0.25, 0.3) is 0 Å². The molecule has 2 aromatic rings. The van der Waals surface area contributed by atoms with Crippen LogP contribution in [0.2, 0.25) is 0 Å². The first kappa shape index (κ1) is 18.8. The number of morpholine rings is 1. The van der Waals surface area contributed by atoms with E-state index < -0.39 is 11.1 Å². The topological polar surface area (TPSA) is 101 Å². The number of aromatic nitrogens is 2. The fourth-order valence-electron chi connectivity index (χ4n) is 2.75. The van der Waals surface area contributed by atoms with Crippen LogP contribution in [0.5, 0.6) is 5.75 Å². The van der Waals surface area contributed by atoms with Crippen molar-refractivity contribution in [2.24, 2.45) is 9.98 Å². The highest BCUT2D eigenvalue weighted by atomic mass is 32.2. The fraction of sp³-hybridized carbons (Fsp3) is 0.529. The van der Waals surface area contributed by atoms with Crippen LogP contribution < -0.4 is 15.7 Å². The Balaban J connectivity index is 1.46. The third-order valence-electron chi connectivity index (χ3n) is 4.08. The molecule has 26 heavy (non-hydrogen) atoms. The van der Waals surface area contributed by atoms with E-state index in [0.717, 1.165) is 45.0 Å². The molecule has 1 atom stereocenters. The Hall–Kier alpha value is -1.94. The Labute approximate surface area is 155 Å². The van der Waals surface area contributed by atoms with Gasteiger partial charge in [0.05, 0.1) is 19.8 Å². The molecule has 2 heterocycles. The first-order valence-electron chi connectivity index (χ1n) is 8.73. The van der Waals surface area contributed by atoms with Gasteiger partial charge in [-0.1, -0.05) is 12.1 Å². The van der Waals surface area contributed by atoms with E-state index in [-0.39, 0.29) is 0 Å². The van der Waals surface area contributed by atoms with Crippen molar-refractivity contribution in [1.82, 2.24) is 13.6 Å². The fourth-order valence-corrected chi connectivity index (χ4v) is 3.50. The molecule has 0 spiro atoms. The molecule has 9 heteroatoms. The van der Waals surface area contributed by atoms with Crippen LogP contribution in [0, 0.1) is 0 Å². The molecular weight excluding hydrogens is 354 g/mol. The summed E-state index contributed by atoms with van der Waals surface area (Å²) in [5, 5.41) is 0.